The molecule has 2 aromatic heterocycles. The van der Waals surface area contributed by atoms with E-state index in [1.807, 2.05) is 72.1 Å². The summed E-state index contributed by atoms with van der Waals surface area (Å²) in [5.74, 6) is -0.404. The second-order valence-electron chi connectivity index (χ2n) is 6.46. The number of nitrogens with one attached hydrogen (secondary N) is 1. The number of carbonyl (C=O) groups excluding carboxylic acids is 1. The maximum atomic E-state index is 13.0. The fourth-order valence-corrected chi connectivity index (χ4v) is 3.88. The van der Waals surface area contributed by atoms with E-state index >= 15 is 0 Å². The van der Waals surface area contributed by atoms with Crippen molar-refractivity contribution in [3.05, 3.63) is 94.4 Å². The summed E-state index contributed by atoms with van der Waals surface area (Å²) in [5, 5.41) is 6.33. The SMILES string of the molecule is O=C(Cn1cnc2scc(-c3ccccc3)c2c1=O)N/N=C\C=C\c1ccccc1. The minimum Gasteiger partial charge on any atom is -0.289 e. The van der Waals surface area contributed by atoms with Gasteiger partial charge < -0.3 is 0 Å². The number of allylic oxidation sites excluding steroid dienone is 1. The molecule has 2 heterocycles. The van der Waals surface area contributed by atoms with Crippen LogP contribution in [0.25, 0.3) is 27.4 Å². The number of fused-ring (bicyclic) bond motifs is 1. The Morgan fingerprint density at radius 1 is 1.10 bits per heavy atom. The van der Waals surface area contributed by atoms with E-state index in [1.165, 1.54) is 28.4 Å². The molecule has 0 saturated heterocycles. The van der Waals surface area contributed by atoms with E-state index in [0.29, 0.717) is 10.2 Å². The Balaban J connectivity index is 1.47. The molecule has 0 aliphatic heterocycles. The van der Waals surface area contributed by atoms with Crippen LogP contribution in [0.15, 0.2) is 88.3 Å². The van der Waals surface area contributed by atoms with Crippen molar-refractivity contribution < 1.29 is 4.79 Å². The molecule has 0 atom stereocenters. The first-order valence-electron chi connectivity index (χ1n) is 9.28. The number of aromatic nitrogens is 2. The Kier molecular flexibility index (Phi) is 5.91. The Labute approximate surface area is 176 Å². The van der Waals surface area contributed by atoms with Crippen molar-refractivity contribution in [1.29, 1.82) is 0 Å². The van der Waals surface area contributed by atoms with Crippen molar-refractivity contribution in [3.63, 3.8) is 0 Å². The molecule has 30 heavy (non-hydrogen) atoms. The monoisotopic (exact) mass is 414 g/mol. The molecule has 1 amide bonds. The molecule has 0 bridgehead atoms. The van der Waals surface area contributed by atoms with Gasteiger partial charge in [0, 0.05) is 17.2 Å². The van der Waals surface area contributed by atoms with Crippen molar-refractivity contribution in [2.75, 3.05) is 0 Å². The summed E-state index contributed by atoms with van der Waals surface area (Å²) in [4.78, 5) is 30.1. The molecule has 0 fully saturated rings. The lowest BCUT2D eigenvalue weighted by Gasteiger charge is -2.05. The standard InChI is InChI=1S/C23H18N4O2S/c28-20(26-25-13-7-10-17-8-3-1-4-9-17)14-27-16-24-22-21(23(27)29)19(15-30-22)18-11-5-2-6-12-18/h1-13,15-16H,14H2,(H,26,28)/b10-7+,25-13-. The van der Waals surface area contributed by atoms with Crippen molar-refractivity contribution >= 4 is 39.8 Å². The van der Waals surface area contributed by atoms with E-state index in [9.17, 15) is 9.59 Å². The van der Waals surface area contributed by atoms with Crippen LogP contribution in [0.4, 0.5) is 0 Å². The minimum atomic E-state index is -0.404. The largest absolute Gasteiger partial charge is 0.289 e. The van der Waals surface area contributed by atoms with Crippen molar-refractivity contribution in [1.82, 2.24) is 15.0 Å². The van der Waals surface area contributed by atoms with Crippen LogP contribution >= 0.6 is 11.3 Å². The summed E-state index contributed by atoms with van der Waals surface area (Å²) in [6, 6.07) is 19.4. The summed E-state index contributed by atoms with van der Waals surface area (Å²) in [6.45, 7) is -0.161. The molecular formula is C23H18N4O2S. The van der Waals surface area contributed by atoms with Crippen LogP contribution in [0.2, 0.25) is 0 Å². The zero-order valence-corrected chi connectivity index (χ0v) is 16.8. The number of carbonyl (C=O) groups is 1. The molecule has 0 spiro atoms. The molecule has 0 radical (unpaired) electrons. The van der Waals surface area contributed by atoms with Gasteiger partial charge in [-0.15, -0.1) is 11.3 Å². The first-order chi connectivity index (χ1) is 14.7. The lowest BCUT2D eigenvalue weighted by Crippen LogP contribution is -2.30. The summed E-state index contributed by atoms with van der Waals surface area (Å²) < 4.78 is 1.30. The molecule has 4 aromatic rings. The molecule has 0 unspecified atom stereocenters. The van der Waals surface area contributed by atoms with Crippen LogP contribution in [0, 0.1) is 0 Å². The van der Waals surface area contributed by atoms with Crippen molar-refractivity contribution in [3.8, 4) is 11.1 Å². The molecule has 7 heteroatoms. The topological polar surface area (TPSA) is 76.3 Å². The van der Waals surface area contributed by atoms with E-state index in [-0.39, 0.29) is 12.1 Å². The molecule has 0 aliphatic carbocycles. The zero-order chi connectivity index (χ0) is 20.8. The van der Waals surface area contributed by atoms with Crippen LogP contribution in [-0.4, -0.2) is 21.7 Å². The fourth-order valence-electron chi connectivity index (χ4n) is 2.97. The third-order valence-corrected chi connectivity index (χ3v) is 5.28. The lowest BCUT2D eigenvalue weighted by molar-refractivity contribution is -0.121. The minimum absolute atomic E-state index is 0.161. The van der Waals surface area contributed by atoms with Gasteiger partial charge in [-0.05, 0) is 17.2 Å². The highest BCUT2D eigenvalue weighted by Gasteiger charge is 2.14. The first kappa shape index (κ1) is 19.5. The molecular weight excluding hydrogens is 396 g/mol. The van der Waals surface area contributed by atoms with E-state index in [1.54, 1.807) is 6.08 Å². The number of thiophene rings is 1. The summed E-state index contributed by atoms with van der Waals surface area (Å²) in [7, 11) is 0. The molecule has 1 N–H and O–H groups in total. The predicted molar refractivity (Wildman–Crippen MR) is 121 cm³/mol. The van der Waals surface area contributed by atoms with Crippen LogP contribution in [0.1, 0.15) is 5.56 Å². The number of hydrogen-bond donors (Lipinski definition) is 1. The van der Waals surface area contributed by atoms with Crippen LogP contribution < -0.4 is 11.0 Å². The second-order valence-corrected chi connectivity index (χ2v) is 7.31. The van der Waals surface area contributed by atoms with Gasteiger partial charge in [0.2, 0.25) is 0 Å². The molecule has 2 aromatic carbocycles. The van der Waals surface area contributed by atoms with Gasteiger partial charge in [0.25, 0.3) is 11.5 Å². The summed E-state index contributed by atoms with van der Waals surface area (Å²) in [6.07, 6.45) is 6.49. The quantitative estimate of drug-likeness (QED) is 0.384. The van der Waals surface area contributed by atoms with Gasteiger partial charge in [0.15, 0.2) is 0 Å². The number of hydrazone groups is 1. The predicted octanol–water partition coefficient (Wildman–Crippen LogP) is 3.94. The number of benzene rings is 2. The Hall–Kier alpha value is -3.84. The number of hydrogen-bond acceptors (Lipinski definition) is 5. The van der Waals surface area contributed by atoms with E-state index in [4.69, 9.17) is 0 Å². The highest BCUT2D eigenvalue weighted by Crippen LogP contribution is 2.30. The Morgan fingerprint density at radius 2 is 1.83 bits per heavy atom. The average Bonchev–Trinajstić information content (AvgIpc) is 3.22. The van der Waals surface area contributed by atoms with Gasteiger partial charge in [-0.1, -0.05) is 66.7 Å². The number of rotatable bonds is 6. The third kappa shape index (κ3) is 4.42. The maximum absolute atomic E-state index is 13.0. The smallest absolute Gasteiger partial charge is 0.263 e. The summed E-state index contributed by atoms with van der Waals surface area (Å²) in [5.41, 5.74) is 4.98. The fraction of sp³-hybridized carbons (Fsp3) is 0.0435. The van der Waals surface area contributed by atoms with Crippen molar-refractivity contribution in [2.24, 2.45) is 5.10 Å². The first-order valence-corrected chi connectivity index (χ1v) is 10.2. The number of amides is 1. The van der Waals surface area contributed by atoms with Gasteiger partial charge in [0.1, 0.15) is 11.4 Å². The third-order valence-electron chi connectivity index (χ3n) is 4.40. The average molecular weight is 414 g/mol. The Bertz CT molecular complexity index is 1280. The maximum Gasteiger partial charge on any atom is 0.263 e. The van der Waals surface area contributed by atoms with E-state index in [0.717, 1.165) is 16.7 Å². The molecule has 6 nitrogen and oxygen atoms in total. The zero-order valence-electron chi connectivity index (χ0n) is 15.9. The normalized spacial score (nSPS) is 11.5. The van der Waals surface area contributed by atoms with E-state index < -0.39 is 5.91 Å². The second kappa shape index (κ2) is 9.11. The highest BCUT2D eigenvalue weighted by molar-refractivity contribution is 7.17. The molecule has 0 aliphatic rings. The van der Waals surface area contributed by atoms with E-state index in [2.05, 4.69) is 15.5 Å². The molecule has 0 saturated carbocycles. The lowest BCUT2D eigenvalue weighted by atomic mass is 10.1. The van der Waals surface area contributed by atoms with Crippen LogP contribution in [0.5, 0.6) is 0 Å². The molecule has 148 valence electrons. The Morgan fingerprint density at radius 3 is 2.60 bits per heavy atom. The van der Waals surface area contributed by atoms with Gasteiger partial charge >= 0.3 is 0 Å². The van der Waals surface area contributed by atoms with Crippen LogP contribution in [0.3, 0.4) is 0 Å². The van der Waals surface area contributed by atoms with Gasteiger partial charge in [0.05, 0.1) is 11.7 Å². The number of nitrogens with zero attached hydrogens (tertiary/aromatic N) is 3. The van der Waals surface area contributed by atoms with Crippen LogP contribution in [-0.2, 0) is 11.3 Å². The van der Waals surface area contributed by atoms with Gasteiger partial charge in [-0.25, -0.2) is 10.4 Å². The summed E-state index contributed by atoms with van der Waals surface area (Å²) >= 11 is 1.41. The molecule has 4 rings (SSSR count). The van der Waals surface area contributed by atoms with Gasteiger partial charge in [-0.3, -0.25) is 14.2 Å². The highest BCUT2D eigenvalue weighted by atomic mass is 32.1. The van der Waals surface area contributed by atoms with Crippen molar-refractivity contribution in [2.45, 2.75) is 6.54 Å². The van der Waals surface area contributed by atoms with Gasteiger partial charge in [-0.2, -0.15) is 5.10 Å².